The van der Waals surface area contributed by atoms with E-state index < -0.39 is 0 Å². The van der Waals surface area contributed by atoms with Crippen molar-refractivity contribution in [1.29, 1.82) is 0 Å². The van der Waals surface area contributed by atoms with Crippen LogP contribution in [0.4, 0.5) is 5.69 Å². The lowest BCUT2D eigenvalue weighted by molar-refractivity contribution is -0.129. The Hall–Kier alpha value is -2.36. The molecule has 0 radical (unpaired) electrons. The number of amides is 2. The molecule has 2 amide bonds. The minimum atomic E-state index is -0.0869. The largest absolute Gasteiger partial charge is 0.312 e. The number of rotatable bonds is 1. The van der Waals surface area contributed by atoms with Crippen LogP contribution in [0.1, 0.15) is 12.8 Å². The Kier molecular flexibility index (Phi) is 2.33. The van der Waals surface area contributed by atoms with Crippen molar-refractivity contribution in [3.8, 4) is 0 Å². The predicted molar refractivity (Wildman–Crippen MR) is 76.2 cm³/mol. The molecule has 4 nitrogen and oxygen atoms in total. The molecule has 0 spiro atoms. The highest BCUT2D eigenvalue weighted by Gasteiger charge is 2.45. The van der Waals surface area contributed by atoms with Gasteiger partial charge in [0.15, 0.2) is 0 Å². The molecule has 2 heterocycles. The highest BCUT2D eigenvalue weighted by Crippen LogP contribution is 2.33. The lowest BCUT2D eigenvalue weighted by Gasteiger charge is -2.24. The molecule has 2 aliphatic rings. The minimum absolute atomic E-state index is 0.0123. The maximum absolute atomic E-state index is 12.2. The van der Waals surface area contributed by atoms with Gasteiger partial charge in [-0.3, -0.25) is 14.5 Å². The van der Waals surface area contributed by atoms with Crippen LogP contribution in [0.25, 0.3) is 10.8 Å². The zero-order chi connectivity index (χ0) is 13.7. The van der Waals surface area contributed by atoms with Gasteiger partial charge in [-0.2, -0.15) is 0 Å². The Morgan fingerprint density at radius 3 is 2.60 bits per heavy atom. The number of anilines is 1. The Morgan fingerprint density at radius 2 is 1.75 bits per heavy atom. The van der Waals surface area contributed by atoms with Crippen LogP contribution >= 0.6 is 0 Å². The molecule has 0 aromatic heterocycles. The molecule has 0 bridgehead atoms. The summed E-state index contributed by atoms with van der Waals surface area (Å²) in [5.41, 5.74) is 0.885. The Balaban J connectivity index is 1.78. The molecule has 2 aliphatic heterocycles. The molecular weight excluding hydrogens is 252 g/mol. The summed E-state index contributed by atoms with van der Waals surface area (Å²) in [6.45, 7) is 0.219. The maximum atomic E-state index is 12.2. The van der Waals surface area contributed by atoms with E-state index in [2.05, 4.69) is 6.07 Å². The molecule has 0 N–H and O–H groups in total. The van der Waals surface area contributed by atoms with E-state index in [-0.39, 0.29) is 24.5 Å². The fourth-order valence-electron chi connectivity index (χ4n) is 3.21. The van der Waals surface area contributed by atoms with Gasteiger partial charge in [0.25, 0.3) is 0 Å². The minimum Gasteiger partial charge on any atom is -0.312 e. The van der Waals surface area contributed by atoms with Gasteiger partial charge in [-0.15, -0.1) is 0 Å². The molecule has 20 heavy (non-hydrogen) atoms. The molecule has 4 rings (SSSR count). The van der Waals surface area contributed by atoms with E-state index in [1.807, 2.05) is 36.4 Å². The Bertz CT molecular complexity index is 725. The van der Waals surface area contributed by atoms with Crippen molar-refractivity contribution in [2.45, 2.75) is 19.0 Å². The third kappa shape index (κ3) is 1.54. The predicted octanol–water partition coefficient (Wildman–Crippen LogP) is 2.13. The number of carbonyl (C=O) groups is 2. The van der Waals surface area contributed by atoms with Crippen molar-refractivity contribution in [2.24, 2.45) is 0 Å². The number of hydrogen-bond acceptors (Lipinski definition) is 2. The zero-order valence-electron chi connectivity index (χ0n) is 11.0. The van der Waals surface area contributed by atoms with Crippen LogP contribution in [-0.2, 0) is 9.59 Å². The second-order valence-corrected chi connectivity index (χ2v) is 5.34. The summed E-state index contributed by atoms with van der Waals surface area (Å²) in [6.07, 6.45) is 1.19. The normalized spacial score (nSPS) is 21.9. The van der Waals surface area contributed by atoms with Gasteiger partial charge in [0.2, 0.25) is 11.8 Å². The highest BCUT2D eigenvalue weighted by molar-refractivity contribution is 6.03. The van der Waals surface area contributed by atoms with Crippen molar-refractivity contribution in [3.05, 3.63) is 42.5 Å². The molecule has 100 valence electrons. The molecule has 1 atom stereocenters. The molecule has 0 saturated carbocycles. The second kappa shape index (κ2) is 4.07. The quantitative estimate of drug-likeness (QED) is 0.793. The molecular formula is C16H14N2O2. The third-order valence-corrected chi connectivity index (χ3v) is 4.18. The van der Waals surface area contributed by atoms with Crippen molar-refractivity contribution in [1.82, 2.24) is 4.90 Å². The lowest BCUT2D eigenvalue weighted by atomic mass is 10.1. The van der Waals surface area contributed by atoms with Gasteiger partial charge in [-0.25, -0.2) is 0 Å². The number of carbonyl (C=O) groups excluding carboxylic acids is 2. The van der Waals surface area contributed by atoms with Crippen LogP contribution in [0.5, 0.6) is 0 Å². The molecule has 2 fully saturated rings. The van der Waals surface area contributed by atoms with Gasteiger partial charge in [-0.1, -0.05) is 30.3 Å². The molecule has 1 unspecified atom stereocenters. The fraction of sp³-hybridized carbons (Fsp3) is 0.250. The second-order valence-electron chi connectivity index (χ2n) is 5.34. The zero-order valence-corrected chi connectivity index (χ0v) is 11.0. The first-order valence-electron chi connectivity index (χ1n) is 6.84. The molecule has 4 heteroatoms. The van der Waals surface area contributed by atoms with Gasteiger partial charge in [0.1, 0.15) is 12.7 Å². The van der Waals surface area contributed by atoms with Crippen LogP contribution in [0.15, 0.2) is 42.5 Å². The van der Waals surface area contributed by atoms with E-state index in [4.69, 9.17) is 0 Å². The SMILES string of the molecule is O=C1CCC2N1CC(=O)N2c1ccc2ccccc2c1. The Labute approximate surface area is 116 Å². The first-order valence-corrected chi connectivity index (χ1v) is 6.84. The summed E-state index contributed by atoms with van der Waals surface area (Å²) in [4.78, 5) is 27.4. The van der Waals surface area contributed by atoms with E-state index in [0.717, 1.165) is 22.9 Å². The van der Waals surface area contributed by atoms with Crippen LogP contribution in [-0.4, -0.2) is 29.4 Å². The molecule has 0 aliphatic carbocycles. The number of benzene rings is 2. The molecule has 2 aromatic carbocycles. The first kappa shape index (κ1) is 11.5. The van der Waals surface area contributed by atoms with Gasteiger partial charge < -0.3 is 4.90 Å². The summed E-state index contributed by atoms with van der Waals surface area (Å²) in [5.74, 6) is 0.102. The van der Waals surface area contributed by atoms with E-state index in [9.17, 15) is 9.59 Å². The van der Waals surface area contributed by atoms with Gasteiger partial charge >= 0.3 is 0 Å². The number of fused-ring (bicyclic) bond motifs is 2. The average molecular weight is 266 g/mol. The van der Waals surface area contributed by atoms with E-state index >= 15 is 0 Å². The van der Waals surface area contributed by atoms with Gasteiger partial charge in [0.05, 0.1) is 0 Å². The van der Waals surface area contributed by atoms with Crippen molar-refractivity contribution < 1.29 is 9.59 Å². The smallest absolute Gasteiger partial charge is 0.248 e. The maximum Gasteiger partial charge on any atom is 0.248 e. The van der Waals surface area contributed by atoms with E-state index in [1.165, 1.54) is 0 Å². The molecule has 2 saturated heterocycles. The van der Waals surface area contributed by atoms with Crippen LogP contribution < -0.4 is 4.90 Å². The van der Waals surface area contributed by atoms with Gasteiger partial charge in [-0.05, 0) is 29.3 Å². The van der Waals surface area contributed by atoms with Crippen molar-refractivity contribution >= 4 is 28.3 Å². The van der Waals surface area contributed by atoms with Crippen LogP contribution in [0, 0.1) is 0 Å². The van der Waals surface area contributed by atoms with E-state index in [1.54, 1.807) is 9.80 Å². The van der Waals surface area contributed by atoms with E-state index in [0.29, 0.717) is 6.42 Å². The van der Waals surface area contributed by atoms with Crippen molar-refractivity contribution in [2.75, 3.05) is 11.4 Å². The topological polar surface area (TPSA) is 40.6 Å². The number of nitrogens with zero attached hydrogens (tertiary/aromatic N) is 2. The molecule has 2 aromatic rings. The standard InChI is InChI=1S/C16H14N2O2/c19-15-8-7-14-17(15)10-16(20)18(14)13-6-5-11-3-1-2-4-12(11)9-13/h1-6,9,14H,7-8,10H2. The first-order chi connectivity index (χ1) is 9.74. The van der Waals surface area contributed by atoms with Crippen LogP contribution in [0.2, 0.25) is 0 Å². The average Bonchev–Trinajstić information content (AvgIpc) is 2.97. The monoisotopic (exact) mass is 266 g/mol. The summed E-state index contributed by atoms with van der Waals surface area (Å²) in [7, 11) is 0. The van der Waals surface area contributed by atoms with Gasteiger partial charge in [0, 0.05) is 12.1 Å². The number of hydrogen-bond donors (Lipinski definition) is 0. The lowest BCUT2D eigenvalue weighted by Crippen LogP contribution is -2.36. The third-order valence-electron chi connectivity index (χ3n) is 4.18. The Morgan fingerprint density at radius 1 is 0.950 bits per heavy atom. The summed E-state index contributed by atoms with van der Waals surface area (Å²) in [6, 6.07) is 14.1. The van der Waals surface area contributed by atoms with Crippen molar-refractivity contribution in [3.63, 3.8) is 0 Å². The van der Waals surface area contributed by atoms with Crippen LogP contribution in [0.3, 0.4) is 0 Å². The fourth-order valence-corrected chi connectivity index (χ4v) is 3.21. The summed E-state index contributed by atoms with van der Waals surface area (Å²) >= 11 is 0. The highest BCUT2D eigenvalue weighted by atomic mass is 16.2. The summed E-state index contributed by atoms with van der Waals surface area (Å²) < 4.78 is 0. The summed E-state index contributed by atoms with van der Waals surface area (Å²) in [5, 5.41) is 2.27.